The van der Waals surface area contributed by atoms with Crippen molar-refractivity contribution in [1.82, 2.24) is 5.32 Å². The van der Waals surface area contributed by atoms with Crippen LogP contribution in [-0.4, -0.2) is 37.7 Å². The molecule has 1 spiro atoms. The highest BCUT2D eigenvalue weighted by atomic mass is 16.7. The number of carbonyl (C=O) groups excluding carboxylic acids is 1. The molecule has 0 bridgehead atoms. The molecule has 1 aromatic rings. The Morgan fingerprint density at radius 2 is 2.24 bits per heavy atom. The summed E-state index contributed by atoms with van der Waals surface area (Å²) in [5, 5.41) is 3.23. The van der Waals surface area contributed by atoms with Gasteiger partial charge in [-0.1, -0.05) is 30.3 Å². The van der Waals surface area contributed by atoms with Crippen LogP contribution >= 0.6 is 0 Å². The van der Waals surface area contributed by atoms with E-state index < -0.39 is 6.09 Å². The van der Waals surface area contributed by atoms with Gasteiger partial charge in [0.05, 0.1) is 12.7 Å². The summed E-state index contributed by atoms with van der Waals surface area (Å²) >= 11 is 0. The number of hydrogen-bond acceptors (Lipinski definition) is 5. The first-order valence-electron chi connectivity index (χ1n) is 7.08. The summed E-state index contributed by atoms with van der Waals surface area (Å²) in [5.74, 6) is -0.251. The van der Waals surface area contributed by atoms with Gasteiger partial charge in [-0.05, 0) is 12.5 Å². The van der Waals surface area contributed by atoms with Crippen LogP contribution in [0.3, 0.4) is 0 Å². The minimum Gasteiger partial charge on any atom is -0.445 e. The van der Waals surface area contributed by atoms with Gasteiger partial charge in [0.1, 0.15) is 6.61 Å². The maximum absolute atomic E-state index is 10.2. The lowest BCUT2D eigenvalue weighted by atomic mass is 10.2. The zero-order valence-electron chi connectivity index (χ0n) is 12.2. The average molecular weight is 294 g/mol. The highest BCUT2D eigenvalue weighted by molar-refractivity contribution is 5.64. The van der Waals surface area contributed by atoms with Crippen molar-refractivity contribution >= 4 is 6.09 Å². The van der Waals surface area contributed by atoms with Gasteiger partial charge in [-0.3, -0.25) is 0 Å². The van der Waals surface area contributed by atoms with E-state index in [1.165, 1.54) is 0 Å². The highest BCUT2D eigenvalue weighted by Gasteiger charge is 2.42. The van der Waals surface area contributed by atoms with E-state index >= 15 is 0 Å². The van der Waals surface area contributed by atoms with Crippen LogP contribution in [0.5, 0.6) is 0 Å². The SMILES string of the molecule is CC1COC2(CCNC2)O1.NC(=O)OCc1ccccc1. The third-order valence-electron chi connectivity index (χ3n) is 3.30. The molecule has 116 valence electrons. The summed E-state index contributed by atoms with van der Waals surface area (Å²) in [7, 11) is 0. The number of hydrogen-bond donors (Lipinski definition) is 2. The molecule has 0 aliphatic carbocycles. The van der Waals surface area contributed by atoms with Gasteiger partial charge in [-0.15, -0.1) is 0 Å². The molecule has 6 nitrogen and oxygen atoms in total. The van der Waals surface area contributed by atoms with E-state index in [2.05, 4.69) is 10.1 Å². The lowest BCUT2D eigenvalue weighted by Gasteiger charge is -2.19. The molecule has 2 unspecified atom stereocenters. The molecule has 0 saturated carbocycles. The fourth-order valence-corrected chi connectivity index (χ4v) is 2.30. The molecule has 2 atom stereocenters. The lowest BCUT2D eigenvalue weighted by Crippen LogP contribution is -2.32. The normalized spacial score (nSPS) is 27.2. The van der Waals surface area contributed by atoms with E-state index in [1.807, 2.05) is 37.3 Å². The number of amides is 1. The van der Waals surface area contributed by atoms with Gasteiger partial charge in [0.15, 0.2) is 5.79 Å². The smallest absolute Gasteiger partial charge is 0.404 e. The van der Waals surface area contributed by atoms with Crippen LogP contribution < -0.4 is 11.1 Å². The van der Waals surface area contributed by atoms with Crippen LogP contribution in [0.1, 0.15) is 18.9 Å². The Kier molecular flexibility index (Phi) is 5.55. The van der Waals surface area contributed by atoms with Crippen LogP contribution in [-0.2, 0) is 20.8 Å². The second-order valence-electron chi connectivity index (χ2n) is 5.17. The van der Waals surface area contributed by atoms with E-state index in [4.69, 9.17) is 15.2 Å². The van der Waals surface area contributed by atoms with Gasteiger partial charge in [-0.25, -0.2) is 4.79 Å². The van der Waals surface area contributed by atoms with E-state index in [0.29, 0.717) is 0 Å². The number of primary amides is 1. The standard InChI is InChI=1S/C8H9NO2.C7H13NO2/c9-8(10)11-6-7-4-2-1-3-5-7;1-6-4-9-7(10-6)2-3-8-5-7/h1-5H,6H2,(H2,9,10);6,8H,2-5H2,1H3. The van der Waals surface area contributed by atoms with Crippen LogP contribution in [0, 0.1) is 0 Å². The quantitative estimate of drug-likeness (QED) is 0.861. The van der Waals surface area contributed by atoms with E-state index in [0.717, 1.165) is 31.7 Å². The zero-order chi connectivity index (χ0) is 15.1. The molecule has 2 saturated heterocycles. The first-order valence-corrected chi connectivity index (χ1v) is 7.08. The van der Waals surface area contributed by atoms with E-state index in [9.17, 15) is 4.79 Å². The fourth-order valence-electron chi connectivity index (χ4n) is 2.30. The molecule has 6 heteroatoms. The summed E-state index contributed by atoms with van der Waals surface area (Å²) in [6.45, 7) is 4.93. The number of ether oxygens (including phenoxy) is 3. The average Bonchev–Trinajstić information content (AvgIpc) is 3.08. The summed E-state index contributed by atoms with van der Waals surface area (Å²) in [6, 6.07) is 9.37. The Labute approximate surface area is 124 Å². The van der Waals surface area contributed by atoms with Gasteiger partial charge >= 0.3 is 6.09 Å². The summed E-state index contributed by atoms with van der Waals surface area (Å²) in [5.41, 5.74) is 5.72. The molecule has 3 N–H and O–H groups in total. The van der Waals surface area contributed by atoms with Gasteiger partial charge < -0.3 is 25.3 Å². The molecule has 1 aromatic carbocycles. The lowest BCUT2D eigenvalue weighted by molar-refractivity contribution is -0.149. The first-order chi connectivity index (χ1) is 10.1. The Morgan fingerprint density at radius 1 is 1.48 bits per heavy atom. The van der Waals surface area contributed by atoms with Crippen molar-refractivity contribution in [2.24, 2.45) is 5.73 Å². The number of rotatable bonds is 2. The number of carbonyl (C=O) groups is 1. The molecule has 2 aliphatic heterocycles. The summed E-state index contributed by atoms with van der Waals surface area (Å²) in [6.07, 6.45) is 0.533. The largest absolute Gasteiger partial charge is 0.445 e. The van der Waals surface area contributed by atoms with Crippen LogP contribution in [0.4, 0.5) is 4.79 Å². The Bertz CT molecular complexity index is 446. The zero-order valence-corrected chi connectivity index (χ0v) is 12.2. The van der Waals surface area contributed by atoms with Crippen molar-refractivity contribution in [1.29, 1.82) is 0 Å². The topological polar surface area (TPSA) is 82.8 Å². The van der Waals surface area contributed by atoms with Crippen molar-refractivity contribution in [3.63, 3.8) is 0 Å². The van der Waals surface area contributed by atoms with Gasteiger partial charge in [0.2, 0.25) is 0 Å². The van der Waals surface area contributed by atoms with Crippen molar-refractivity contribution in [3.8, 4) is 0 Å². The van der Waals surface area contributed by atoms with E-state index in [-0.39, 0.29) is 18.5 Å². The Balaban J connectivity index is 0.000000154. The molecular formula is C15H22N2O4. The van der Waals surface area contributed by atoms with Crippen LogP contribution in [0.2, 0.25) is 0 Å². The van der Waals surface area contributed by atoms with Crippen LogP contribution in [0.25, 0.3) is 0 Å². The highest BCUT2D eigenvalue weighted by Crippen LogP contribution is 2.28. The fraction of sp³-hybridized carbons (Fsp3) is 0.533. The second kappa shape index (κ2) is 7.40. The third-order valence-corrected chi connectivity index (χ3v) is 3.30. The molecule has 0 aromatic heterocycles. The molecule has 3 rings (SSSR count). The molecule has 1 amide bonds. The van der Waals surface area contributed by atoms with Crippen LogP contribution in [0.15, 0.2) is 30.3 Å². The first kappa shape index (κ1) is 15.8. The Morgan fingerprint density at radius 3 is 2.76 bits per heavy atom. The number of nitrogens with one attached hydrogen (secondary N) is 1. The van der Waals surface area contributed by atoms with Gasteiger partial charge in [0.25, 0.3) is 0 Å². The third kappa shape index (κ3) is 5.00. The summed E-state index contributed by atoms with van der Waals surface area (Å²) in [4.78, 5) is 10.2. The Hall–Kier alpha value is -1.63. The maximum Gasteiger partial charge on any atom is 0.404 e. The van der Waals surface area contributed by atoms with Crippen molar-refractivity contribution < 1.29 is 19.0 Å². The van der Waals surface area contributed by atoms with E-state index in [1.54, 1.807) is 0 Å². The maximum atomic E-state index is 10.2. The minimum atomic E-state index is -0.742. The predicted molar refractivity (Wildman–Crippen MR) is 77.5 cm³/mol. The second-order valence-corrected chi connectivity index (χ2v) is 5.17. The molecular weight excluding hydrogens is 272 g/mol. The van der Waals surface area contributed by atoms with Gasteiger partial charge in [-0.2, -0.15) is 0 Å². The monoisotopic (exact) mass is 294 g/mol. The molecule has 2 fully saturated rings. The molecule has 2 heterocycles. The van der Waals surface area contributed by atoms with Gasteiger partial charge in [0, 0.05) is 19.5 Å². The number of benzene rings is 1. The van der Waals surface area contributed by atoms with Crippen molar-refractivity contribution in [3.05, 3.63) is 35.9 Å². The van der Waals surface area contributed by atoms with Crippen molar-refractivity contribution in [2.75, 3.05) is 19.7 Å². The molecule has 0 radical (unpaired) electrons. The molecule has 2 aliphatic rings. The number of nitrogens with two attached hydrogens (primary N) is 1. The molecule has 21 heavy (non-hydrogen) atoms. The van der Waals surface area contributed by atoms with Crippen molar-refractivity contribution in [2.45, 2.75) is 31.8 Å². The minimum absolute atomic E-state index is 0.246. The summed E-state index contributed by atoms with van der Waals surface area (Å²) < 4.78 is 15.7. The predicted octanol–water partition coefficient (Wildman–Crippen LogP) is 1.39.